The molecule has 0 aromatic rings. The van der Waals surface area contributed by atoms with Crippen molar-refractivity contribution in [1.82, 2.24) is 0 Å². The number of thioether (sulfide) groups is 1. The van der Waals surface area contributed by atoms with Crippen molar-refractivity contribution in [3.8, 4) is 0 Å². The molecule has 0 spiro atoms. The minimum atomic E-state index is -0.279. The molecule has 3 heteroatoms. The first kappa shape index (κ1) is 11.4. The molecule has 1 nitrogen and oxygen atoms in total. The van der Waals surface area contributed by atoms with Crippen LogP contribution in [0.25, 0.3) is 0 Å². The molecule has 0 N–H and O–H groups in total. The van der Waals surface area contributed by atoms with Crippen LogP contribution in [0.3, 0.4) is 0 Å². The van der Waals surface area contributed by atoms with Crippen molar-refractivity contribution in [1.29, 1.82) is 0 Å². The van der Waals surface area contributed by atoms with Gasteiger partial charge in [0, 0.05) is 22.8 Å². The van der Waals surface area contributed by atoms with Crippen molar-refractivity contribution in [2.75, 3.05) is 6.67 Å². The summed E-state index contributed by atoms with van der Waals surface area (Å²) >= 11 is 2.09. The van der Waals surface area contributed by atoms with Gasteiger partial charge in [0.05, 0.1) is 6.67 Å². The molecule has 0 radical (unpaired) electrons. The van der Waals surface area contributed by atoms with E-state index < -0.39 is 0 Å². The molecule has 2 heterocycles. The summed E-state index contributed by atoms with van der Waals surface area (Å²) < 4.78 is 11.9. The van der Waals surface area contributed by atoms with Crippen LogP contribution >= 0.6 is 11.8 Å². The van der Waals surface area contributed by atoms with Gasteiger partial charge >= 0.3 is 0 Å². The van der Waals surface area contributed by atoms with Crippen molar-refractivity contribution < 1.29 is 9.18 Å². The number of ketones is 1. The second-order valence-electron chi connectivity index (χ2n) is 4.74. The summed E-state index contributed by atoms with van der Waals surface area (Å²) in [5.41, 5.74) is 0. The lowest BCUT2D eigenvalue weighted by Gasteiger charge is -2.26. The molecule has 2 bridgehead atoms. The fourth-order valence-electron chi connectivity index (χ4n) is 2.72. The molecule has 2 fully saturated rings. The Morgan fingerprint density at radius 1 is 1.20 bits per heavy atom. The number of hydrogen-bond donors (Lipinski definition) is 0. The summed E-state index contributed by atoms with van der Waals surface area (Å²) in [6.45, 7) is -0.279. The largest absolute Gasteiger partial charge is 0.299 e. The molecule has 2 saturated heterocycles. The lowest BCUT2D eigenvalue weighted by atomic mass is 9.92. The van der Waals surface area contributed by atoms with Crippen LogP contribution in [0.2, 0.25) is 0 Å². The van der Waals surface area contributed by atoms with Gasteiger partial charge in [0.15, 0.2) is 0 Å². The molecular formula is C12H19FOS. The monoisotopic (exact) mass is 230 g/mol. The maximum atomic E-state index is 11.9. The number of hydrogen-bond acceptors (Lipinski definition) is 2. The highest BCUT2D eigenvalue weighted by atomic mass is 32.2. The highest BCUT2D eigenvalue weighted by molar-refractivity contribution is 8.00. The Kier molecular flexibility index (Phi) is 4.06. The molecule has 2 aliphatic heterocycles. The van der Waals surface area contributed by atoms with Gasteiger partial charge in [-0.05, 0) is 38.5 Å². The Balaban J connectivity index is 1.76. The first-order valence-electron chi connectivity index (χ1n) is 6.03. The fourth-order valence-corrected chi connectivity index (χ4v) is 4.49. The van der Waals surface area contributed by atoms with E-state index in [-0.39, 0.29) is 6.67 Å². The van der Waals surface area contributed by atoms with Crippen LogP contribution in [-0.2, 0) is 4.79 Å². The van der Waals surface area contributed by atoms with Gasteiger partial charge in [-0.2, -0.15) is 11.8 Å². The molecule has 0 aromatic carbocycles. The van der Waals surface area contributed by atoms with Crippen LogP contribution in [0.15, 0.2) is 0 Å². The second-order valence-corrected chi connectivity index (χ2v) is 6.34. The maximum Gasteiger partial charge on any atom is 0.136 e. The van der Waals surface area contributed by atoms with E-state index in [9.17, 15) is 9.18 Å². The van der Waals surface area contributed by atoms with Gasteiger partial charge in [0.25, 0.3) is 0 Å². The van der Waals surface area contributed by atoms with Gasteiger partial charge in [-0.1, -0.05) is 0 Å². The molecule has 0 amide bonds. The Hall–Kier alpha value is -0.0500. The summed E-state index contributed by atoms with van der Waals surface area (Å²) in [4.78, 5) is 11.9. The average Bonchev–Trinajstić information content (AvgIpc) is 2.58. The number of rotatable bonds is 5. The second kappa shape index (κ2) is 5.33. The van der Waals surface area contributed by atoms with E-state index >= 15 is 0 Å². The predicted molar refractivity (Wildman–Crippen MR) is 62.0 cm³/mol. The number of carbonyl (C=O) groups is 1. The summed E-state index contributed by atoms with van der Waals surface area (Å²) in [6.07, 6.45) is 6.71. The molecule has 0 saturated carbocycles. The van der Waals surface area contributed by atoms with Gasteiger partial charge < -0.3 is 0 Å². The minimum absolute atomic E-state index is 0.279. The lowest BCUT2D eigenvalue weighted by Crippen LogP contribution is -2.24. The number of halogens is 1. The molecule has 15 heavy (non-hydrogen) atoms. The molecule has 2 aliphatic rings. The predicted octanol–water partition coefficient (Wildman–Crippen LogP) is 3.37. The van der Waals surface area contributed by atoms with E-state index in [1.165, 1.54) is 12.8 Å². The van der Waals surface area contributed by atoms with Gasteiger partial charge in [0.1, 0.15) is 5.78 Å². The van der Waals surface area contributed by atoms with Crippen molar-refractivity contribution in [2.45, 2.75) is 55.4 Å². The van der Waals surface area contributed by atoms with Crippen molar-refractivity contribution >= 4 is 17.5 Å². The standard InChI is InChI=1S/C12H19FOS/c13-6-2-1-3-12(14)9-7-10-4-5-11(8-9)15-10/h9-11H,1-8H2. The Morgan fingerprint density at radius 2 is 1.87 bits per heavy atom. The van der Waals surface area contributed by atoms with Gasteiger partial charge in [-0.3, -0.25) is 9.18 Å². The quantitative estimate of drug-likeness (QED) is 0.674. The third-order valence-corrected chi connectivity index (χ3v) is 5.18. The molecule has 2 unspecified atom stereocenters. The Morgan fingerprint density at radius 3 is 2.47 bits per heavy atom. The summed E-state index contributed by atoms with van der Waals surface area (Å²) in [5, 5.41) is 1.50. The zero-order valence-corrected chi connectivity index (χ0v) is 9.90. The minimum Gasteiger partial charge on any atom is -0.299 e. The van der Waals surface area contributed by atoms with E-state index in [1.54, 1.807) is 0 Å². The number of unbranched alkanes of at least 4 members (excludes halogenated alkanes) is 1. The zero-order valence-electron chi connectivity index (χ0n) is 9.08. The third-order valence-electron chi connectivity index (χ3n) is 3.55. The van der Waals surface area contributed by atoms with Crippen molar-refractivity contribution in [2.24, 2.45) is 5.92 Å². The summed E-state index contributed by atoms with van der Waals surface area (Å²) in [6, 6.07) is 0. The molecule has 86 valence electrons. The number of carbonyl (C=O) groups excluding carboxylic acids is 1. The van der Waals surface area contributed by atoms with Crippen LogP contribution in [0.1, 0.15) is 44.9 Å². The van der Waals surface area contributed by atoms with E-state index in [0.717, 1.165) is 29.8 Å². The molecule has 2 rings (SSSR count). The number of fused-ring (bicyclic) bond motifs is 2. The lowest BCUT2D eigenvalue weighted by molar-refractivity contribution is -0.123. The van der Waals surface area contributed by atoms with Crippen molar-refractivity contribution in [3.63, 3.8) is 0 Å². The Labute approximate surface area is 95.2 Å². The third kappa shape index (κ3) is 2.96. The van der Waals surface area contributed by atoms with Gasteiger partial charge in [-0.25, -0.2) is 0 Å². The first-order valence-corrected chi connectivity index (χ1v) is 6.98. The summed E-state index contributed by atoms with van der Waals surface area (Å²) in [7, 11) is 0. The van der Waals surface area contributed by atoms with E-state index in [4.69, 9.17) is 0 Å². The van der Waals surface area contributed by atoms with E-state index in [1.807, 2.05) is 0 Å². The molecule has 0 aliphatic carbocycles. The van der Waals surface area contributed by atoms with E-state index in [0.29, 0.717) is 24.5 Å². The van der Waals surface area contributed by atoms with Gasteiger partial charge in [0.2, 0.25) is 0 Å². The molecule has 2 atom stereocenters. The summed E-state index contributed by atoms with van der Waals surface area (Å²) in [5.74, 6) is 0.712. The van der Waals surface area contributed by atoms with Crippen LogP contribution in [-0.4, -0.2) is 23.0 Å². The Bertz CT molecular complexity index is 220. The molecular weight excluding hydrogens is 211 g/mol. The SMILES string of the molecule is O=C(CCCCF)C1CC2CCC(C1)S2. The first-order chi connectivity index (χ1) is 7.29. The van der Waals surface area contributed by atoms with Crippen LogP contribution in [0, 0.1) is 5.92 Å². The average molecular weight is 230 g/mol. The fraction of sp³-hybridized carbons (Fsp3) is 0.917. The van der Waals surface area contributed by atoms with Crippen LogP contribution in [0.5, 0.6) is 0 Å². The van der Waals surface area contributed by atoms with E-state index in [2.05, 4.69) is 11.8 Å². The van der Waals surface area contributed by atoms with Gasteiger partial charge in [-0.15, -0.1) is 0 Å². The zero-order chi connectivity index (χ0) is 10.7. The van der Waals surface area contributed by atoms with Crippen LogP contribution < -0.4 is 0 Å². The number of alkyl halides is 1. The number of Topliss-reactive ketones (excluding diaryl/α,β-unsaturated/α-hetero) is 1. The van der Waals surface area contributed by atoms with Crippen LogP contribution in [0.4, 0.5) is 4.39 Å². The van der Waals surface area contributed by atoms with Crippen molar-refractivity contribution in [3.05, 3.63) is 0 Å². The molecule has 0 aromatic heterocycles. The smallest absolute Gasteiger partial charge is 0.136 e. The topological polar surface area (TPSA) is 17.1 Å². The normalized spacial score (nSPS) is 34.3. The maximum absolute atomic E-state index is 11.9. The highest BCUT2D eigenvalue weighted by Crippen LogP contribution is 2.46. The highest BCUT2D eigenvalue weighted by Gasteiger charge is 2.37.